The van der Waals surface area contributed by atoms with Gasteiger partial charge in [-0.25, -0.2) is 0 Å². The van der Waals surface area contributed by atoms with Crippen LogP contribution in [-0.2, 0) is 0 Å². The van der Waals surface area contributed by atoms with E-state index in [1.807, 2.05) is 18.2 Å². The van der Waals surface area contributed by atoms with Crippen molar-refractivity contribution in [1.82, 2.24) is 9.47 Å². The van der Waals surface area contributed by atoms with E-state index in [4.69, 9.17) is 0 Å². The van der Waals surface area contributed by atoms with E-state index in [0.29, 0.717) is 11.7 Å². The van der Waals surface area contributed by atoms with E-state index < -0.39 is 0 Å². The summed E-state index contributed by atoms with van der Waals surface area (Å²) in [7, 11) is 2.19. The minimum atomic E-state index is 0.356. The Morgan fingerprint density at radius 2 is 1.81 bits per heavy atom. The number of aromatic hydroxyl groups is 1. The number of hydrogen-bond acceptors (Lipinski definition) is 2. The van der Waals surface area contributed by atoms with Gasteiger partial charge in [0.15, 0.2) is 0 Å². The fraction of sp³-hybridized carbons (Fsp3) is 0.304. The van der Waals surface area contributed by atoms with Gasteiger partial charge in [-0.15, -0.1) is 0 Å². The molecule has 1 saturated heterocycles. The lowest BCUT2D eigenvalue weighted by atomic mass is 9.89. The molecular formula is C23H26N2O. The molecule has 1 aliphatic rings. The number of phenols is 1. The minimum Gasteiger partial charge on any atom is -0.508 e. The summed E-state index contributed by atoms with van der Waals surface area (Å²) in [5.41, 5.74) is 4.86. The molecule has 1 aliphatic heterocycles. The first kappa shape index (κ1) is 16.9. The van der Waals surface area contributed by atoms with E-state index in [-0.39, 0.29) is 0 Å². The maximum absolute atomic E-state index is 10.2. The van der Waals surface area contributed by atoms with Gasteiger partial charge >= 0.3 is 0 Å². The molecule has 0 atom stereocenters. The Morgan fingerprint density at radius 3 is 2.54 bits per heavy atom. The third kappa shape index (κ3) is 3.27. The molecule has 3 aromatic rings. The number of aromatic nitrogens is 1. The Morgan fingerprint density at radius 1 is 1.08 bits per heavy atom. The van der Waals surface area contributed by atoms with Crippen LogP contribution in [0.1, 0.15) is 35.4 Å². The molecule has 2 aromatic carbocycles. The highest BCUT2D eigenvalue weighted by Crippen LogP contribution is 2.37. The summed E-state index contributed by atoms with van der Waals surface area (Å²) in [4.78, 5) is 2.40. The Bertz CT molecular complexity index is 932. The topological polar surface area (TPSA) is 28.4 Å². The van der Waals surface area contributed by atoms with Gasteiger partial charge in [-0.05, 0) is 80.7 Å². The van der Waals surface area contributed by atoms with Gasteiger partial charge in [0.2, 0.25) is 0 Å². The number of piperidine rings is 1. The van der Waals surface area contributed by atoms with Crippen LogP contribution in [0.15, 0.2) is 48.7 Å². The number of fused-ring (bicyclic) bond motifs is 1. The summed E-state index contributed by atoms with van der Waals surface area (Å²) in [6.07, 6.45) is 8.90. The van der Waals surface area contributed by atoms with Gasteiger partial charge in [-0.1, -0.05) is 30.3 Å². The minimum absolute atomic E-state index is 0.356. The van der Waals surface area contributed by atoms with Crippen molar-refractivity contribution in [2.24, 2.45) is 0 Å². The molecule has 2 heterocycles. The standard InChI is InChI=1S/C23H26N2O/c1-17-14-20(26)15-21-22(19-9-11-24(2)12-10-19)16-25(23(17)21)13-8-18-6-4-3-5-7-18/h3-8,13-16,19,26H,9-12H2,1-2H3. The van der Waals surface area contributed by atoms with E-state index in [1.54, 1.807) is 0 Å². The molecule has 1 N–H and O–H groups in total. The first-order valence-electron chi connectivity index (χ1n) is 9.37. The predicted molar refractivity (Wildman–Crippen MR) is 109 cm³/mol. The normalized spacial score (nSPS) is 16.7. The Hall–Kier alpha value is -2.52. The lowest BCUT2D eigenvalue weighted by Gasteiger charge is -2.28. The van der Waals surface area contributed by atoms with Gasteiger partial charge in [-0.3, -0.25) is 0 Å². The van der Waals surface area contributed by atoms with Crippen molar-refractivity contribution in [2.75, 3.05) is 20.1 Å². The fourth-order valence-corrected chi connectivity index (χ4v) is 4.10. The van der Waals surface area contributed by atoms with Crippen molar-refractivity contribution in [3.63, 3.8) is 0 Å². The van der Waals surface area contributed by atoms with Crippen molar-refractivity contribution < 1.29 is 5.11 Å². The predicted octanol–water partition coefficient (Wildman–Crippen LogP) is 5.09. The number of aryl methyl sites for hydroxylation is 1. The SMILES string of the molecule is Cc1cc(O)cc2c(C3CCN(C)CC3)cn(C=Cc3ccccc3)c12. The van der Waals surface area contributed by atoms with Crippen molar-refractivity contribution in [3.05, 3.63) is 65.4 Å². The highest BCUT2D eigenvalue weighted by Gasteiger charge is 2.23. The maximum atomic E-state index is 10.2. The fourth-order valence-electron chi connectivity index (χ4n) is 4.10. The van der Waals surface area contributed by atoms with E-state index in [0.717, 1.165) is 18.7 Å². The van der Waals surface area contributed by atoms with Crippen LogP contribution in [-0.4, -0.2) is 34.7 Å². The molecule has 3 nitrogen and oxygen atoms in total. The van der Waals surface area contributed by atoms with Crippen molar-refractivity contribution >= 4 is 23.2 Å². The van der Waals surface area contributed by atoms with Gasteiger partial charge in [-0.2, -0.15) is 0 Å². The number of likely N-dealkylation sites (tertiary alicyclic amines) is 1. The summed E-state index contributed by atoms with van der Waals surface area (Å²) < 4.78 is 2.23. The quantitative estimate of drug-likeness (QED) is 0.715. The smallest absolute Gasteiger partial charge is 0.116 e. The van der Waals surface area contributed by atoms with Gasteiger partial charge in [0.1, 0.15) is 5.75 Å². The molecular weight excluding hydrogens is 320 g/mol. The molecule has 0 unspecified atom stereocenters. The number of rotatable bonds is 3. The molecule has 3 heteroatoms. The Kier molecular flexibility index (Phi) is 4.56. The second kappa shape index (κ2) is 7.00. The third-order valence-corrected chi connectivity index (χ3v) is 5.52. The molecule has 0 bridgehead atoms. The van der Waals surface area contributed by atoms with E-state index in [2.05, 4.69) is 66.2 Å². The zero-order valence-corrected chi connectivity index (χ0v) is 15.5. The second-order valence-corrected chi connectivity index (χ2v) is 7.45. The van der Waals surface area contributed by atoms with E-state index >= 15 is 0 Å². The van der Waals surface area contributed by atoms with Crippen molar-refractivity contribution in [3.8, 4) is 5.75 Å². The summed E-state index contributed by atoms with van der Waals surface area (Å²) in [6.45, 7) is 4.34. The highest BCUT2D eigenvalue weighted by atomic mass is 16.3. The number of benzene rings is 2. The molecule has 4 rings (SSSR count). The number of hydrogen-bond donors (Lipinski definition) is 1. The van der Waals surface area contributed by atoms with Crippen LogP contribution in [0.2, 0.25) is 0 Å². The number of nitrogens with zero attached hydrogens (tertiary/aromatic N) is 2. The summed E-state index contributed by atoms with van der Waals surface area (Å²) in [5, 5.41) is 11.3. The zero-order valence-electron chi connectivity index (χ0n) is 15.5. The van der Waals surface area contributed by atoms with E-state index in [9.17, 15) is 5.11 Å². The average molecular weight is 346 g/mol. The highest BCUT2D eigenvalue weighted by molar-refractivity contribution is 5.91. The van der Waals surface area contributed by atoms with Crippen LogP contribution in [0, 0.1) is 6.92 Å². The van der Waals surface area contributed by atoms with Crippen LogP contribution in [0.4, 0.5) is 0 Å². The largest absolute Gasteiger partial charge is 0.508 e. The molecule has 1 fully saturated rings. The molecule has 0 amide bonds. The molecule has 0 saturated carbocycles. The lowest BCUT2D eigenvalue weighted by Crippen LogP contribution is -2.29. The molecule has 0 radical (unpaired) electrons. The Labute approximate surface area is 155 Å². The monoisotopic (exact) mass is 346 g/mol. The van der Waals surface area contributed by atoms with Crippen molar-refractivity contribution in [2.45, 2.75) is 25.7 Å². The van der Waals surface area contributed by atoms with Crippen LogP contribution >= 0.6 is 0 Å². The van der Waals surface area contributed by atoms with E-state index in [1.165, 1.54) is 34.9 Å². The van der Waals surface area contributed by atoms with Gasteiger partial charge in [0, 0.05) is 17.8 Å². The molecule has 0 spiro atoms. The van der Waals surface area contributed by atoms with Crippen LogP contribution in [0.3, 0.4) is 0 Å². The molecule has 1 aromatic heterocycles. The lowest BCUT2D eigenvalue weighted by molar-refractivity contribution is 0.256. The van der Waals surface area contributed by atoms with Gasteiger partial charge < -0.3 is 14.6 Å². The zero-order chi connectivity index (χ0) is 18.1. The average Bonchev–Trinajstić information content (AvgIpc) is 3.00. The maximum Gasteiger partial charge on any atom is 0.116 e. The Balaban J connectivity index is 1.79. The first-order valence-corrected chi connectivity index (χ1v) is 9.37. The summed E-state index contributed by atoms with van der Waals surface area (Å²) >= 11 is 0. The molecule has 134 valence electrons. The van der Waals surface area contributed by atoms with Crippen LogP contribution < -0.4 is 0 Å². The van der Waals surface area contributed by atoms with Gasteiger partial charge in [0.05, 0.1) is 5.52 Å². The molecule has 0 aliphatic carbocycles. The van der Waals surface area contributed by atoms with Crippen molar-refractivity contribution in [1.29, 1.82) is 0 Å². The third-order valence-electron chi connectivity index (χ3n) is 5.52. The van der Waals surface area contributed by atoms with Crippen LogP contribution in [0.25, 0.3) is 23.2 Å². The second-order valence-electron chi connectivity index (χ2n) is 7.45. The summed E-state index contributed by atoms with van der Waals surface area (Å²) in [5.74, 6) is 0.912. The number of phenolic OH excluding ortho intramolecular Hbond substituents is 1. The first-order chi connectivity index (χ1) is 12.6. The van der Waals surface area contributed by atoms with Crippen LogP contribution in [0.5, 0.6) is 5.75 Å². The summed E-state index contributed by atoms with van der Waals surface area (Å²) in [6, 6.07) is 14.2. The molecule has 26 heavy (non-hydrogen) atoms. The van der Waals surface area contributed by atoms with Gasteiger partial charge in [0.25, 0.3) is 0 Å².